The van der Waals surface area contributed by atoms with Crippen molar-refractivity contribution in [1.82, 2.24) is 0 Å². The topological polar surface area (TPSA) is 162 Å². The van der Waals surface area contributed by atoms with Crippen molar-refractivity contribution in [2.24, 2.45) is 0 Å². The third-order valence-corrected chi connectivity index (χ3v) is 2.85. The monoisotopic (exact) mass is 300 g/mol. The second-order valence-corrected chi connectivity index (χ2v) is 4.60. The zero-order valence-electron chi connectivity index (χ0n) is 11.6. The number of nitrogens with two attached hydrogens (primary N) is 4. The van der Waals surface area contributed by atoms with E-state index in [1.807, 2.05) is 0 Å². The van der Waals surface area contributed by atoms with Crippen molar-refractivity contribution in [3.8, 4) is 0 Å². The first-order chi connectivity index (χ1) is 10.4. The Hall–Kier alpha value is -3.42. The normalized spacial score (nSPS) is 10.0. The van der Waals surface area contributed by atoms with Crippen LogP contribution in [0.25, 0.3) is 0 Å². The fraction of sp³-hybridized carbons (Fsp3) is 0. The lowest BCUT2D eigenvalue weighted by molar-refractivity contribution is -0.132. The maximum absolute atomic E-state index is 11.9. The minimum absolute atomic E-state index is 0.258. The van der Waals surface area contributed by atoms with Crippen LogP contribution in [0.15, 0.2) is 36.4 Å². The average molecular weight is 300 g/mol. The first-order valence-corrected chi connectivity index (χ1v) is 6.29. The van der Waals surface area contributed by atoms with Gasteiger partial charge in [0.2, 0.25) is 0 Å². The van der Waals surface area contributed by atoms with Crippen LogP contribution < -0.4 is 33.6 Å². The summed E-state index contributed by atoms with van der Waals surface area (Å²) in [6.45, 7) is 0. The van der Waals surface area contributed by atoms with E-state index in [-0.39, 0.29) is 11.4 Å². The number of hydrogen-bond donors (Lipinski definition) is 6. The molecule has 0 saturated heterocycles. The van der Waals surface area contributed by atoms with Gasteiger partial charge in [0.15, 0.2) is 0 Å². The smallest absolute Gasteiger partial charge is 0.314 e. The molecule has 0 radical (unpaired) electrons. The Kier molecular flexibility index (Phi) is 4.03. The number of benzene rings is 2. The van der Waals surface area contributed by atoms with Crippen molar-refractivity contribution in [2.75, 3.05) is 33.6 Å². The van der Waals surface area contributed by atoms with Gasteiger partial charge in [-0.3, -0.25) is 9.59 Å². The van der Waals surface area contributed by atoms with Crippen molar-refractivity contribution < 1.29 is 9.59 Å². The molecular weight excluding hydrogens is 284 g/mol. The highest BCUT2D eigenvalue weighted by atomic mass is 16.2. The molecule has 0 saturated carbocycles. The molecule has 8 heteroatoms. The summed E-state index contributed by atoms with van der Waals surface area (Å²) in [4.78, 5) is 23.7. The molecule has 0 aliphatic heterocycles. The molecule has 0 aliphatic rings. The number of nitrogens with one attached hydrogen (secondary N) is 2. The third-order valence-electron chi connectivity index (χ3n) is 2.85. The summed E-state index contributed by atoms with van der Waals surface area (Å²) in [6.07, 6.45) is 0. The van der Waals surface area contributed by atoms with Crippen molar-refractivity contribution in [3.63, 3.8) is 0 Å². The van der Waals surface area contributed by atoms with Gasteiger partial charge in [-0.1, -0.05) is 0 Å². The largest absolute Gasteiger partial charge is 0.399 e. The van der Waals surface area contributed by atoms with Crippen LogP contribution in [0, 0.1) is 0 Å². The zero-order valence-corrected chi connectivity index (χ0v) is 11.6. The lowest BCUT2D eigenvalue weighted by Gasteiger charge is -2.10. The van der Waals surface area contributed by atoms with Gasteiger partial charge in [0.1, 0.15) is 0 Å². The molecule has 22 heavy (non-hydrogen) atoms. The highest BCUT2D eigenvalue weighted by molar-refractivity contribution is 6.44. The minimum atomic E-state index is -0.882. The Morgan fingerprint density at radius 3 is 1.36 bits per heavy atom. The third kappa shape index (κ3) is 3.37. The number of hydrogen-bond acceptors (Lipinski definition) is 6. The summed E-state index contributed by atoms with van der Waals surface area (Å²) in [5.41, 5.74) is 24.5. The van der Waals surface area contributed by atoms with Crippen LogP contribution in [0.4, 0.5) is 34.1 Å². The van der Waals surface area contributed by atoms with E-state index in [0.29, 0.717) is 22.7 Å². The number of anilines is 6. The van der Waals surface area contributed by atoms with Gasteiger partial charge in [0.25, 0.3) is 0 Å². The second kappa shape index (κ2) is 5.92. The first kappa shape index (κ1) is 15.0. The van der Waals surface area contributed by atoms with Crippen LogP contribution in [0.3, 0.4) is 0 Å². The molecule has 0 bridgehead atoms. The Morgan fingerprint density at radius 2 is 1.05 bits per heavy atom. The molecular formula is C14H16N6O2. The van der Waals surface area contributed by atoms with E-state index in [4.69, 9.17) is 22.9 Å². The molecule has 8 nitrogen and oxygen atoms in total. The van der Waals surface area contributed by atoms with Gasteiger partial charge < -0.3 is 33.6 Å². The highest BCUT2D eigenvalue weighted by Gasteiger charge is 2.16. The van der Waals surface area contributed by atoms with E-state index in [2.05, 4.69) is 10.6 Å². The molecule has 0 atom stereocenters. The van der Waals surface area contributed by atoms with Gasteiger partial charge in [-0.2, -0.15) is 0 Å². The Balaban J connectivity index is 2.07. The summed E-state index contributed by atoms with van der Waals surface area (Å²) in [7, 11) is 0. The predicted molar refractivity (Wildman–Crippen MR) is 87.8 cm³/mol. The second-order valence-electron chi connectivity index (χ2n) is 4.60. The Bertz CT molecular complexity index is 681. The van der Waals surface area contributed by atoms with Gasteiger partial charge in [-0.15, -0.1) is 0 Å². The number of rotatable bonds is 2. The molecule has 0 fully saturated rings. The van der Waals surface area contributed by atoms with Crippen LogP contribution in [-0.2, 0) is 9.59 Å². The van der Waals surface area contributed by atoms with Gasteiger partial charge in [-0.25, -0.2) is 0 Å². The molecule has 0 spiro atoms. The van der Waals surface area contributed by atoms with E-state index < -0.39 is 11.8 Å². The number of carbonyl (C=O) groups excluding carboxylic acids is 2. The van der Waals surface area contributed by atoms with Crippen LogP contribution >= 0.6 is 0 Å². The molecule has 2 rings (SSSR count). The SMILES string of the molecule is Nc1ccc(NC(=O)C(=O)Nc2ccc(N)cc2N)c(N)c1. The fourth-order valence-corrected chi connectivity index (χ4v) is 1.75. The number of nitrogen functional groups attached to an aromatic ring is 4. The van der Waals surface area contributed by atoms with Crippen molar-refractivity contribution >= 4 is 45.9 Å². The van der Waals surface area contributed by atoms with Crippen LogP contribution in [0.2, 0.25) is 0 Å². The summed E-state index contributed by atoms with van der Waals surface area (Å²) >= 11 is 0. The van der Waals surface area contributed by atoms with Gasteiger partial charge in [0, 0.05) is 11.4 Å². The van der Waals surface area contributed by atoms with Gasteiger partial charge in [0.05, 0.1) is 22.7 Å². The summed E-state index contributed by atoms with van der Waals surface area (Å²) in [5, 5.41) is 4.78. The standard InChI is InChI=1S/C14H16N6O2/c15-7-1-3-11(9(17)5-7)19-13(21)14(22)20-12-4-2-8(16)6-10(12)18/h1-6H,15-18H2,(H,19,21)(H,20,22). The van der Waals surface area contributed by atoms with E-state index in [1.54, 1.807) is 12.1 Å². The lowest BCUT2D eigenvalue weighted by atomic mass is 10.2. The molecule has 0 heterocycles. The first-order valence-electron chi connectivity index (χ1n) is 6.29. The molecule has 2 aromatic rings. The fourth-order valence-electron chi connectivity index (χ4n) is 1.75. The quantitative estimate of drug-likeness (QED) is 0.351. The van der Waals surface area contributed by atoms with E-state index in [9.17, 15) is 9.59 Å². The molecule has 0 aliphatic carbocycles. The molecule has 0 unspecified atom stereocenters. The van der Waals surface area contributed by atoms with Crippen LogP contribution in [-0.4, -0.2) is 11.8 Å². The molecule has 0 aromatic heterocycles. The predicted octanol–water partition coefficient (Wildman–Crippen LogP) is 0.593. The van der Waals surface area contributed by atoms with E-state index >= 15 is 0 Å². The van der Waals surface area contributed by atoms with Crippen molar-refractivity contribution in [1.29, 1.82) is 0 Å². The zero-order chi connectivity index (χ0) is 16.3. The van der Waals surface area contributed by atoms with E-state index in [0.717, 1.165) is 0 Å². The van der Waals surface area contributed by atoms with Crippen molar-refractivity contribution in [2.45, 2.75) is 0 Å². The molecule has 10 N–H and O–H groups in total. The minimum Gasteiger partial charge on any atom is -0.399 e. The number of amides is 2. The Labute approximate surface area is 126 Å². The lowest BCUT2D eigenvalue weighted by Crippen LogP contribution is -2.29. The molecule has 2 aromatic carbocycles. The highest BCUT2D eigenvalue weighted by Crippen LogP contribution is 2.22. The summed E-state index contributed by atoms with van der Waals surface area (Å²) < 4.78 is 0. The van der Waals surface area contributed by atoms with Crippen LogP contribution in [0.1, 0.15) is 0 Å². The van der Waals surface area contributed by atoms with Gasteiger partial charge >= 0.3 is 11.8 Å². The van der Waals surface area contributed by atoms with Gasteiger partial charge in [-0.05, 0) is 36.4 Å². The van der Waals surface area contributed by atoms with Crippen LogP contribution in [0.5, 0.6) is 0 Å². The summed E-state index contributed by atoms with van der Waals surface area (Å²) in [5.74, 6) is -1.76. The van der Waals surface area contributed by atoms with E-state index in [1.165, 1.54) is 24.3 Å². The van der Waals surface area contributed by atoms with Crippen molar-refractivity contribution in [3.05, 3.63) is 36.4 Å². The maximum Gasteiger partial charge on any atom is 0.314 e. The molecule has 114 valence electrons. The number of carbonyl (C=O) groups is 2. The summed E-state index contributed by atoms with van der Waals surface area (Å²) in [6, 6.07) is 9.08. The molecule has 2 amide bonds. The maximum atomic E-state index is 11.9. The Morgan fingerprint density at radius 1 is 0.682 bits per heavy atom. The average Bonchev–Trinajstić information content (AvgIpc) is 2.44.